The van der Waals surface area contributed by atoms with Gasteiger partial charge in [-0.3, -0.25) is 4.79 Å². The molecule has 1 aliphatic carbocycles. The molecule has 0 unspecified atom stereocenters. The van der Waals surface area contributed by atoms with Gasteiger partial charge >= 0.3 is 0 Å². The number of anilines is 4. The highest BCUT2D eigenvalue weighted by Gasteiger charge is 2.15. The average Bonchev–Trinajstić information content (AvgIpc) is 2.85. The zero-order valence-electron chi connectivity index (χ0n) is 20.3. The van der Waals surface area contributed by atoms with E-state index in [9.17, 15) is 4.79 Å². The summed E-state index contributed by atoms with van der Waals surface area (Å²) in [4.78, 5) is 21.8. The molecule has 1 amide bonds. The summed E-state index contributed by atoms with van der Waals surface area (Å²) in [6, 6.07) is 16.1. The number of carbonyl (C=O) groups excluding carboxylic acids is 1. The van der Waals surface area contributed by atoms with E-state index in [-0.39, 0.29) is 5.91 Å². The van der Waals surface area contributed by atoms with Gasteiger partial charge in [-0.25, -0.2) is 4.98 Å². The standard InChI is InChI=1S/C28H33N5O2/c1-19-16-26(33-28(29-19)32-22-7-3-2-4-8-22)30-23-10-12-24(13-11-23)31-27(34)18-20-9-14-25-21(17-20)6-5-15-35-25/h9-14,16-17,22H,2-8,15,18H2,1H3,(H,31,34)(H2,29,30,32,33). The number of benzene rings is 2. The molecule has 2 heterocycles. The van der Waals surface area contributed by atoms with Crippen LogP contribution in [-0.2, 0) is 17.6 Å². The molecular weight excluding hydrogens is 438 g/mol. The van der Waals surface area contributed by atoms with Crippen LogP contribution in [0.15, 0.2) is 48.5 Å². The number of nitrogens with one attached hydrogen (secondary N) is 3. The molecule has 1 saturated carbocycles. The molecule has 2 aromatic carbocycles. The molecular formula is C28H33N5O2. The van der Waals surface area contributed by atoms with Crippen molar-refractivity contribution >= 4 is 29.0 Å². The highest BCUT2D eigenvalue weighted by atomic mass is 16.5. The molecule has 2 aliphatic rings. The van der Waals surface area contributed by atoms with Gasteiger partial charge in [0.1, 0.15) is 11.6 Å². The summed E-state index contributed by atoms with van der Waals surface area (Å²) in [5.74, 6) is 2.34. The maximum Gasteiger partial charge on any atom is 0.228 e. The van der Waals surface area contributed by atoms with E-state index in [1.807, 2.05) is 49.4 Å². The number of hydrogen-bond acceptors (Lipinski definition) is 6. The Morgan fingerprint density at radius 3 is 2.60 bits per heavy atom. The Hall–Kier alpha value is -3.61. The zero-order chi connectivity index (χ0) is 24.0. The molecule has 3 aromatic rings. The van der Waals surface area contributed by atoms with Crippen LogP contribution in [0.3, 0.4) is 0 Å². The van der Waals surface area contributed by atoms with Gasteiger partial charge in [0.15, 0.2) is 0 Å². The van der Waals surface area contributed by atoms with Crippen LogP contribution in [0.2, 0.25) is 0 Å². The predicted molar refractivity (Wildman–Crippen MR) is 140 cm³/mol. The van der Waals surface area contributed by atoms with E-state index in [2.05, 4.69) is 32.0 Å². The minimum Gasteiger partial charge on any atom is -0.493 e. The van der Waals surface area contributed by atoms with Gasteiger partial charge in [0.05, 0.1) is 13.0 Å². The molecule has 0 bridgehead atoms. The molecule has 0 saturated heterocycles. The maximum atomic E-state index is 12.6. The third-order valence-electron chi connectivity index (χ3n) is 6.57. The molecule has 1 fully saturated rings. The number of aryl methyl sites for hydroxylation is 2. The molecule has 0 radical (unpaired) electrons. The van der Waals surface area contributed by atoms with Crippen LogP contribution in [0, 0.1) is 6.92 Å². The van der Waals surface area contributed by atoms with E-state index >= 15 is 0 Å². The fraction of sp³-hybridized carbons (Fsp3) is 0.393. The monoisotopic (exact) mass is 471 g/mol. The molecule has 7 nitrogen and oxygen atoms in total. The lowest BCUT2D eigenvalue weighted by Crippen LogP contribution is -2.23. The normalized spacial score (nSPS) is 15.6. The van der Waals surface area contributed by atoms with Crippen LogP contribution in [0.4, 0.5) is 23.1 Å². The van der Waals surface area contributed by atoms with Crippen molar-refractivity contribution in [2.24, 2.45) is 0 Å². The second kappa shape index (κ2) is 10.8. The summed E-state index contributed by atoms with van der Waals surface area (Å²) in [5, 5.41) is 9.85. The Morgan fingerprint density at radius 1 is 0.971 bits per heavy atom. The number of rotatable bonds is 7. The van der Waals surface area contributed by atoms with Crippen LogP contribution < -0.4 is 20.7 Å². The molecule has 35 heavy (non-hydrogen) atoms. The van der Waals surface area contributed by atoms with Crippen molar-refractivity contribution in [3.63, 3.8) is 0 Å². The molecule has 182 valence electrons. The quantitative estimate of drug-likeness (QED) is 0.405. The van der Waals surface area contributed by atoms with Gasteiger partial charge < -0.3 is 20.7 Å². The molecule has 5 rings (SSSR count). The van der Waals surface area contributed by atoms with E-state index in [4.69, 9.17) is 4.74 Å². The van der Waals surface area contributed by atoms with Gasteiger partial charge in [0.25, 0.3) is 0 Å². The smallest absolute Gasteiger partial charge is 0.228 e. The fourth-order valence-corrected chi connectivity index (χ4v) is 4.83. The van der Waals surface area contributed by atoms with Crippen molar-refractivity contribution in [2.45, 2.75) is 64.3 Å². The van der Waals surface area contributed by atoms with Crippen molar-refractivity contribution in [1.82, 2.24) is 9.97 Å². The molecule has 7 heteroatoms. The first-order valence-electron chi connectivity index (χ1n) is 12.6. The second-order valence-electron chi connectivity index (χ2n) is 9.52. The van der Waals surface area contributed by atoms with Crippen LogP contribution in [0.25, 0.3) is 0 Å². The third kappa shape index (κ3) is 6.29. The largest absolute Gasteiger partial charge is 0.493 e. The summed E-state index contributed by atoms with van der Waals surface area (Å²) < 4.78 is 5.66. The molecule has 1 aliphatic heterocycles. The lowest BCUT2D eigenvalue weighted by atomic mass is 9.96. The lowest BCUT2D eigenvalue weighted by Gasteiger charge is -2.23. The van der Waals surface area contributed by atoms with Crippen molar-refractivity contribution in [3.05, 3.63) is 65.4 Å². The first-order valence-corrected chi connectivity index (χ1v) is 12.6. The summed E-state index contributed by atoms with van der Waals surface area (Å²) in [6.07, 6.45) is 8.56. The zero-order valence-corrected chi connectivity index (χ0v) is 20.3. The van der Waals surface area contributed by atoms with E-state index in [1.54, 1.807) is 0 Å². The fourth-order valence-electron chi connectivity index (χ4n) is 4.83. The van der Waals surface area contributed by atoms with Crippen LogP contribution in [0.1, 0.15) is 55.3 Å². The van der Waals surface area contributed by atoms with E-state index in [0.29, 0.717) is 18.4 Å². The molecule has 0 atom stereocenters. The Balaban J connectivity index is 1.17. The summed E-state index contributed by atoms with van der Waals surface area (Å²) in [5.41, 5.74) is 4.77. The van der Waals surface area contributed by atoms with Gasteiger partial charge in [0, 0.05) is 29.2 Å². The predicted octanol–water partition coefficient (Wildman–Crippen LogP) is 5.78. The first-order chi connectivity index (χ1) is 17.1. The van der Waals surface area contributed by atoms with Crippen molar-refractivity contribution < 1.29 is 9.53 Å². The average molecular weight is 472 g/mol. The Morgan fingerprint density at radius 2 is 1.77 bits per heavy atom. The highest BCUT2D eigenvalue weighted by Crippen LogP contribution is 2.26. The van der Waals surface area contributed by atoms with Crippen molar-refractivity contribution in [1.29, 1.82) is 0 Å². The number of aromatic nitrogens is 2. The van der Waals surface area contributed by atoms with Crippen molar-refractivity contribution in [2.75, 3.05) is 22.6 Å². The van der Waals surface area contributed by atoms with Gasteiger partial charge in [0.2, 0.25) is 11.9 Å². The number of carbonyl (C=O) groups is 1. The number of amides is 1. The Labute approximate surface area is 206 Å². The molecule has 0 spiro atoms. The number of ether oxygens (including phenoxy) is 1. The van der Waals surface area contributed by atoms with Crippen LogP contribution in [-0.4, -0.2) is 28.5 Å². The summed E-state index contributed by atoms with van der Waals surface area (Å²) in [7, 11) is 0. The lowest BCUT2D eigenvalue weighted by molar-refractivity contribution is -0.115. The molecule has 1 aromatic heterocycles. The topological polar surface area (TPSA) is 88.2 Å². The Kier molecular flexibility index (Phi) is 7.12. The Bertz CT molecular complexity index is 1170. The van der Waals surface area contributed by atoms with Gasteiger partial charge in [-0.05, 0) is 74.1 Å². The number of fused-ring (bicyclic) bond motifs is 1. The third-order valence-corrected chi connectivity index (χ3v) is 6.57. The van der Waals surface area contributed by atoms with E-state index in [1.165, 1.54) is 37.7 Å². The highest BCUT2D eigenvalue weighted by molar-refractivity contribution is 5.92. The summed E-state index contributed by atoms with van der Waals surface area (Å²) in [6.45, 7) is 2.75. The van der Waals surface area contributed by atoms with Crippen molar-refractivity contribution in [3.8, 4) is 5.75 Å². The second-order valence-corrected chi connectivity index (χ2v) is 9.52. The van der Waals surface area contributed by atoms with E-state index in [0.717, 1.165) is 53.6 Å². The van der Waals surface area contributed by atoms with Crippen LogP contribution in [0.5, 0.6) is 5.75 Å². The summed E-state index contributed by atoms with van der Waals surface area (Å²) >= 11 is 0. The maximum absolute atomic E-state index is 12.6. The minimum atomic E-state index is -0.0350. The minimum absolute atomic E-state index is 0.0350. The van der Waals surface area contributed by atoms with E-state index < -0.39 is 0 Å². The SMILES string of the molecule is Cc1cc(Nc2ccc(NC(=O)Cc3ccc4c(c3)CCCO4)cc2)nc(NC2CCCCC2)n1. The number of hydrogen-bond donors (Lipinski definition) is 3. The first kappa shape index (κ1) is 23.1. The number of nitrogens with zero attached hydrogens (tertiary/aromatic N) is 2. The van der Waals surface area contributed by atoms with Gasteiger partial charge in [-0.1, -0.05) is 31.4 Å². The van der Waals surface area contributed by atoms with Gasteiger partial charge in [-0.15, -0.1) is 0 Å². The van der Waals surface area contributed by atoms with Crippen LogP contribution >= 0.6 is 0 Å². The van der Waals surface area contributed by atoms with Gasteiger partial charge in [-0.2, -0.15) is 4.98 Å². The molecule has 3 N–H and O–H groups in total.